The Bertz CT molecular complexity index is 2020. The molecule has 0 bridgehead atoms. The van der Waals surface area contributed by atoms with Gasteiger partial charge in [-0.05, 0) is 13.8 Å². The van der Waals surface area contributed by atoms with Crippen LogP contribution >= 0.6 is 0 Å². The minimum Gasteiger partial charge on any atom is -0.203 e. The van der Waals surface area contributed by atoms with Gasteiger partial charge in [0.25, 0.3) is 5.95 Å². The molecule has 0 radical (unpaired) electrons. The monoisotopic (exact) mass is 633 g/mol. The van der Waals surface area contributed by atoms with E-state index in [9.17, 15) is 59.7 Å². The van der Waals surface area contributed by atoms with Gasteiger partial charge in [-0.25, -0.2) is 48.9 Å². The van der Waals surface area contributed by atoms with Crippen molar-refractivity contribution in [3.05, 3.63) is 114 Å². The lowest BCUT2D eigenvalue weighted by Crippen LogP contribution is -2.06. The first kappa shape index (κ1) is 31.9. The van der Waals surface area contributed by atoms with Crippen LogP contribution in [0.3, 0.4) is 0 Å². The van der Waals surface area contributed by atoms with Gasteiger partial charge in [0.1, 0.15) is 24.3 Å². The minimum absolute atomic E-state index is 0.595. The van der Waals surface area contributed by atoms with Crippen LogP contribution in [0.15, 0.2) is 16.7 Å². The Morgan fingerprint density at radius 3 is 1.00 bits per heavy atom. The fraction of sp³-hybridized carbons (Fsp3) is 0.0690. The van der Waals surface area contributed by atoms with Gasteiger partial charge in [-0.2, -0.15) is 25.4 Å². The van der Waals surface area contributed by atoms with Crippen LogP contribution in [0.1, 0.15) is 33.5 Å². The van der Waals surface area contributed by atoms with Crippen molar-refractivity contribution in [1.29, 1.82) is 21.0 Å². The zero-order valence-corrected chi connectivity index (χ0v) is 21.9. The van der Waals surface area contributed by atoms with Gasteiger partial charge in [0, 0.05) is 27.8 Å². The quantitative estimate of drug-likeness (QED) is 0.130. The molecular weight excluding hydrogens is 627 g/mol. The number of hydrogen-bond acceptors (Lipinski definition) is 5. The summed E-state index contributed by atoms with van der Waals surface area (Å²) in [6, 6.07) is 4.35. The highest BCUT2D eigenvalue weighted by atomic mass is 19.2. The molecular formula is C29H6F11N5. The van der Waals surface area contributed by atoms with Crippen LogP contribution < -0.4 is 0 Å². The third-order valence-corrected chi connectivity index (χ3v) is 6.63. The van der Waals surface area contributed by atoms with Crippen LogP contribution in [-0.4, -0.2) is 4.98 Å². The summed E-state index contributed by atoms with van der Waals surface area (Å²) in [5.41, 5.74) is -17.6. The molecule has 1 aliphatic carbocycles. The van der Waals surface area contributed by atoms with Crippen LogP contribution in [-0.2, 0) is 0 Å². The largest absolute Gasteiger partial charge is 0.251 e. The molecule has 0 unspecified atom stereocenters. The highest BCUT2D eigenvalue weighted by molar-refractivity contribution is 6.12. The second-order valence-electron chi connectivity index (χ2n) is 8.96. The number of aromatic nitrogens is 1. The molecule has 0 atom stereocenters. The summed E-state index contributed by atoms with van der Waals surface area (Å²) in [4.78, 5) is 2.68. The Balaban J connectivity index is 2.36. The summed E-state index contributed by atoms with van der Waals surface area (Å²) in [6.45, 7) is 1.19. The van der Waals surface area contributed by atoms with Crippen LogP contribution in [0.4, 0.5) is 48.3 Å². The van der Waals surface area contributed by atoms with E-state index < -0.39 is 131 Å². The van der Waals surface area contributed by atoms with Crippen LogP contribution in [0.5, 0.6) is 0 Å². The number of pyridine rings is 1. The zero-order valence-electron chi connectivity index (χ0n) is 21.9. The topological polar surface area (TPSA) is 108 Å². The van der Waals surface area contributed by atoms with Gasteiger partial charge in [-0.1, -0.05) is 0 Å². The number of rotatable bonds is 3. The van der Waals surface area contributed by atoms with E-state index >= 15 is 4.39 Å². The predicted molar refractivity (Wildman–Crippen MR) is 128 cm³/mol. The smallest absolute Gasteiger partial charge is 0.203 e. The van der Waals surface area contributed by atoms with Crippen molar-refractivity contribution in [2.75, 3.05) is 0 Å². The normalized spacial score (nSPS) is 15.5. The number of hydrogen-bond donors (Lipinski definition) is 0. The molecule has 1 heterocycles. The maximum absolute atomic E-state index is 15.1. The fourth-order valence-corrected chi connectivity index (χ4v) is 4.38. The van der Waals surface area contributed by atoms with Gasteiger partial charge in [-0.15, -0.1) is 0 Å². The fourth-order valence-electron chi connectivity index (χ4n) is 4.38. The SMILES string of the molecule is Cc1c(F)c(F)c(/C(C#N)=C2/C(=C(C#N)c3c(F)c(F)nc(C#N)c3F)/C2=C(/C#N)c2c(F)c(F)c(C)c(F)c2F)c(F)c1F. The first-order valence-electron chi connectivity index (χ1n) is 11.7. The van der Waals surface area contributed by atoms with E-state index in [1.165, 1.54) is 0 Å². The molecule has 0 spiro atoms. The minimum atomic E-state index is -2.28. The summed E-state index contributed by atoms with van der Waals surface area (Å²) >= 11 is 0. The predicted octanol–water partition coefficient (Wildman–Crippen LogP) is 7.35. The van der Waals surface area contributed by atoms with Gasteiger partial charge in [-0.3, -0.25) is 0 Å². The third-order valence-electron chi connectivity index (χ3n) is 6.63. The van der Waals surface area contributed by atoms with Crippen molar-refractivity contribution >= 4 is 16.7 Å². The number of allylic oxidation sites excluding steroid dienone is 6. The molecule has 4 rings (SSSR count). The molecule has 1 aromatic heterocycles. The van der Waals surface area contributed by atoms with Crippen LogP contribution in [0.2, 0.25) is 0 Å². The Morgan fingerprint density at radius 1 is 0.444 bits per heavy atom. The molecule has 16 heteroatoms. The van der Waals surface area contributed by atoms with E-state index in [0.717, 1.165) is 24.3 Å². The molecule has 0 N–H and O–H groups in total. The Hall–Kier alpha value is -6.00. The summed E-state index contributed by atoms with van der Waals surface area (Å²) in [5.74, 6) is -23.7. The van der Waals surface area contributed by atoms with Crippen molar-refractivity contribution in [2.24, 2.45) is 0 Å². The highest BCUT2D eigenvalue weighted by Gasteiger charge is 2.45. The molecule has 45 heavy (non-hydrogen) atoms. The van der Waals surface area contributed by atoms with Gasteiger partial charge in [0.2, 0.25) is 0 Å². The molecule has 5 nitrogen and oxygen atoms in total. The highest BCUT2D eigenvalue weighted by Crippen LogP contribution is 2.57. The van der Waals surface area contributed by atoms with Crippen molar-refractivity contribution in [2.45, 2.75) is 13.8 Å². The zero-order chi connectivity index (χ0) is 33.8. The average molecular weight is 633 g/mol. The summed E-state index contributed by atoms with van der Waals surface area (Å²) in [7, 11) is 0. The molecule has 3 aromatic rings. The maximum atomic E-state index is 15.1. The van der Waals surface area contributed by atoms with Crippen LogP contribution in [0, 0.1) is 123 Å². The second kappa shape index (κ2) is 11.3. The maximum Gasteiger partial charge on any atom is 0.251 e. The Morgan fingerprint density at radius 2 is 0.733 bits per heavy atom. The van der Waals surface area contributed by atoms with Gasteiger partial charge in [0.15, 0.2) is 63.9 Å². The number of nitriles is 4. The third kappa shape index (κ3) is 4.55. The molecule has 0 saturated heterocycles. The first-order chi connectivity index (χ1) is 21.1. The van der Waals surface area contributed by atoms with E-state index in [1.807, 2.05) is 0 Å². The Labute approximate surface area is 243 Å². The second-order valence-corrected chi connectivity index (χ2v) is 8.96. The lowest BCUT2D eigenvalue weighted by atomic mass is 9.99. The Kier molecular flexibility index (Phi) is 7.98. The molecule has 224 valence electrons. The average Bonchev–Trinajstić information content (AvgIpc) is 3.74. The van der Waals surface area contributed by atoms with Gasteiger partial charge in [0.05, 0.1) is 33.4 Å². The molecule has 2 aromatic carbocycles. The lowest BCUT2D eigenvalue weighted by Gasteiger charge is -2.09. The van der Waals surface area contributed by atoms with E-state index in [2.05, 4.69) is 4.98 Å². The lowest BCUT2D eigenvalue weighted by molar-refractivity contribution is 0.442. The van der Waals surface area contributed by atoms with Crippen molar-refractivity contribution in [1.82, 2.24) is 4.98 Å². The molecule has 0 amide bonds. The number of halogens is 11. The summed E-state index contributed by atoms with van der Waals surface area (Å²) in [5, 5.41) is 38.5. The molecule has 1 fully saturated rings. The van der Waals surface area contributed by atoms with Crippen molar-refractivity contribution in [3.63, 3.8) is 0 Å². The summed E-state index contributed by atoms with van der Waals surface area (Å²) in [6.07, 6.45) is 0. The molecule has 0 aliphatic heterocycles. The number of nitrogens with zero attached hydrogens (tertiary/aromatic N) is 5. The first-order valence-corrected chi connectivity index (χ1v) is 11.7. The van der Waals surface area contributed by atoms with E-state index in [1.54, 1.807) is 0 Å². The molecule has 1 aliphatic rings. The van der Waals surface area contributed by atoms with Gasteiger partial charge >= 0.3 is 0 Å². The van der Waals surface area contributed by atoms with E-state index in [-0.39, 0.29) is 0 Å². The van der Waals surface area contributed by atoms with Crippen molar-refractivity contribution < 1.29 is 48.3 Å². The summed E-state index contributed by atoms with van der Waals surface area (Å²) < 4.78 is 162. The number of benzene rings is 2. The van der Waals surface area contributed by atoms with Gasteiger partial charge < -0.3 is 0 Å². The van der Waals surface area contributed by atoms with Crippen LogP contribution in [0.25, 0.3) is 16.7 Å². The molecule has 1 saturated carbocycles. The van der Waals surface area contributed by atoms with E-state index in [4.69, 9.17) is 5.26 Å². The van der Waals surface area contributed by atoms with Crippen molar-refractivity contribution in [3.8, 4) is 24.3 Å². The standard InChI is InChI=1S/C29H6F11N5/c1-7-19(30)24(35)17(25(36)20(7)31)10(4-42)14-13(9(3-41)16-23(34)12(6-44)45-29(40)28(16)39)15(14)11(5-43)18-26(37)21(32)8(2)22(33)27(18)38/h1-2H3/b13-9?,14-10-,15-11+. The van der Waals surface area contributed by atoms with E-state index in [0.29, 0.717) is 13.8 Å².